The van der Waals surface area contributed by atoms with Crippen molar-refractivity contribution in [1.29, 1.82) is 5.26 Å². The van der Waals surface area contributed by atoms with Crippen LogP contribution in [-0.2, 0) is 0 Å². The second kappa shape index (κ2) is 12.1. The number of ether oxygens (including phenoxy) is 3. The molecule has 0 saturated heterocycles. The van der Waals surface area contributed by atoms with Gasteiger partial charge in [0, 0.05) is 0 Å². The smallest absolute Gasteiger partial charge is 0.343 e. The molecule has 0 heterocycles. The molecule has 0 saturated carbocycles. The molecule has 0 aromatic heterocycles. The van der Waals surface area contributed by atoms with Crippen molar-refractivity contribution in [2.24, 2.45) is 0 Å². The molecule has 0 bridgehead atoms. The number of rotatable bonds is 10. The first-order valence-electron chi connectivity index (χ1n) is 10.9. The molecule has 0 atom stereocenters. The monoisotopic (exact) mass is 443 g/mol. The number of benzene rings is 3. The van der Waals surface area contributed by atoms with Crippen LogP contribution in [0.3, 0.4) is 0 Å². The van der Waals surface area contributed by atoms with Crippen LogP contribution in [0.2, 0.25) is 0 Å². The Morgan fingerprint density at radius 1 is 0.697 bits per heavy atom. The van der Waals surface area contributed by atoms with Crippen molar-refractivity contribution in [3.63, 3.8) is 0 Å². The van der Waals surface area contributed by atoms with Gasteiger partial charge in [-0.3, -0.25) is 0 Å². The SMILES string of the molecule is CCCCCCOc1ccc(C(=O)Oc2ccc(OC(=O)c3ccc(C#N)cc3)cc2)cc1. The van der Waals surface area contributed by atoms with Gasteiger partial charge in [0.2, 0.25) is 0 Å². The Hall–Kier alpha value is -4.11. The highest BCUT2D eigenvalue weighted by Crippen LogP contribution is 2.21. The van der Waals surface area contributed by atoms with Crippen molar-refractivity contribution in [1.82, 2.24) is 0 Å². The molecule has 0 aliphatic carbocycles. The number of nitriles is 1. The Kier molecular flexibility index (Phi) is 8.61. The summed E-state index contributed by atoms with van der Waals surface area (Å²) < 4.78 is 16.4. The summed E-state index contributed by atoms with van der Waals surface area (Å²) in [5, 5.41) is 8.82. The minimum absolute atomic E-state index is 0.310. The summed E-state index contributed by atoms with van der Waals surface area (Å²) in [5.41, 5.74) is 1.20. The molecule has 0 unspecified atom stereocenters. The molecule has 3 rings (SSSR count). The Labute approximate surface area is 193 Å². The van der Waals surface area contributed by atoms with Crippen molar-refractivity contribution >= 4 is 11.9 Å². The molecule has 0 N–H and O–H groups in total. The van der Waals surface area contributed by atoms with E-state index in [1.807, 2.05) is 6.07 Å². The zero-order chi connectivity index (χ0) is 23.5. The van der Waals surface area contributed by atoms with Crippen molar-refractivity contribution in [3.8, 4) is 23.3 Å². The van der Waals surface area contributed by atoms with E-state index >= 15 is 0 Å². The maximum Gasteiger partial charge on any atom is 0.343 e. The first-order chi connectivity index (χ1) is 16.1. The summed E-state index contributed by atoms with van der Waals surface area (Å²) in [6.45, 7) is 2.83. The summed E-state index contributed by atoms with van der Waals surface area (Å²) in [7, 11) is 0. The van der Waals surface area contributed by atoms with Crippen LogP contribution < -0.4 is 14.2 Å². The second-order valence-corrected chi connectivity index (χ2v) is 7.37. The zero-order valence-electron chi connectivity index (χ0n) is 18.5. The lowest BCUT2D eigenvalue weighted by atomic mass is 10.1. The minimum atomic E-state index is -0.545. The Bertz CT molecular complexity index is 1100. The van der Waals surface area contributed by atoms with Gasteiger partial charge in [-0.2, -0.15) is 5.26 Å². The fourth-order valence-electron chi connectivity index (χ4n) is 2.99. The fraction of sp³-hybridized carbons (Fsp3) is 0.222. The largest absolute Gasteiger partial charge is 0.494 e. The molecule has 6 heteroatoms. The lowest BCUT2D eigenvalue weighted by molar-refractivity contribution is 0.0719. The number of hydrogen-bond donors (Lipinski definition) is 0. The highest BCUT2D eigenvalue weighted by molar-refractivity contribution is 5.92. The van der Waals surface area contributed by atoms with E-state index in [0.717, 1.165) is 18.6 Å². The third-order valence-electron chi connectivity index (χ3n) is 4.85. The number of carbonyl (C=O) groups is 2. The number of nitrogens with zero attached hydrogens (tertiary/aromatic N) is 1. The minimum Gasteiger partial charge on any atom is -0.494 e. The van der Waals surface area contributed by atoms with Crippen LogP contribution in [0.25, 0.3) is 0 Å². The van der Waals surface area contributed by atoms with Crippen LogP contribution in [0.5, 0.6) is 17.2 Å². The van der Waals surface area contributed by atoms with E-state index < -0.39 is 11.9 Å². The number of unbranched alkanes of at least 4 members (excludes halogenated alkanes) is 3. The summed E-state index contributed by atoms with van der Waals surface area (Å²) >= 11 is 0. The molecular formula is C27H25NO5. The van der Waals surface area contributed by atoms with Gasteiger partial charge in [-0.25, -0.2) is 9.59 Å². The van der Waals surface area contributed by atoms with E-state index in [2.05, 4.69) is 6.92 Å². The lowest BCUT2D eigenvalue weighted by Crippen LogP contribution is -2.09. The summed E-state index contributed by atoms with van der Waals surface area (Å²) in [6, 6.07) is 21.2. The van der Waals surface area contributed by atoms with Crippen LogP contribution in [0, 0.1) is 11.3 Å². The maximum atomic E-state index is 12.4. The van der Waals surface area contributed by atoms with Gasteiger partial charge in [-0.05, 0) is 79.2 Å². The van der Waals surface area contributed by atoms with Crippen molar-refractivity contribution < 1.29 is 23.8 Å². The van der Waals surface area contributed by atoms with Crippen LogP contribution in [-0.4, -0.2) is 18.5 Å². The fourth-order valence-corrected chi connectivity index (χ4v) is 2.99. The first-order valence-corrected chi connectivity index (χ1v) is 10.9. The Morgan fingerprint density at radius 2 is 1.18 bits per heavy atom. The third-order valence-corrected chi connectivity index (χ3v) is 4.85. The van der Waals surface area contributed by atoms with Crippen molar-refractivity contribution in [2.75, 3.05) is 6.61 Å². The molecular weight excluding hydrogens is 418 g/mol. The van der Waals surface area contributed by atoms with Gasteiger partial charge in [0.1, 0.15) is 17.2 Å². The molecule has 0 amide bonds. The van der Waals surface area contributed by atoms with E-state index in [0.29, 0.717) is 34.8 Å². The van der Waals surface area contributed by atoms with Gasteiger partial charge in [0.05, 0.1) is 29.4 Å². The zero-order valence-corrected chi connectivity index (χ0v) is 18.5. The van der Waals surface area contributed by atoms with Gasteiger partial charge in [0.25, 0.3) is 0 Å². The first kappa shape index (κ1) is 23.6. The number of esters is 2. The maximum absolute atomic E-state index is 12.4. The van der Waals surface area contributed by atoms with E-state index in [-0.39, 0.29) is 0 Å². The van der Waals surface area contributed by atoms with Gasteiger partial charge in [-0.1, -0.05) is 26.2 Å². The van der Waals surface area contributed by atoms with E-state index in [9.17, 15) is 9.59 Å². The van der Waals surface area contributed by atoms with Crippen LogP contribution in [0.4, 0.5) is 0 Å². The molecule has 0 radical (unpaired) electrons. The molecule has 0 aliphatic heterocycles. The molecule has 0 spiro atoms. The average Bonchev–Trinajstić information content (AvgIpc) is 2.85. The van der Waals surface area contributed by atoms with E-state index in [1.54, 1.807) is 60.7 Å². The van der Waals surface area contributed by atoms with Crippen LogP contribution >= 0.6 is 0 Å². The average molecular weight is 443 g/mol. The quantitative estimate of drug-likeness (QED) is 0.218. The molecule has 3 aromatic carbocycles. The molecule has 6 nitrogen and oxygen atoms in total. The van der Waals surface area contributed by atoms with Crippen LogP contribution in [0.1, 0.15) is 58.9 Å². The Morgan fingerprint density at radius 3 is 1.67 bits per heavy atom. The third kappa shape index (κ3) is 7.22. The summed E-state index contributed by atoms with van der Waals surface area (Å²) in [5.74, 6) is 0.319. The molecule has 0 aliphatic rings. The van der Waals surface area contributed by atoms with Gasteiger partial charge in [-0.15, -0.1) is 0 Å². The van der Waals surface area contributed by atoms with Crippen molar-refractivity contribution in [3.05, 3.63) is 89.5 Å². The predicted molar refractivity (Wildman–Crippen MR) is 124 cm³/mol. The molecule has 168 valence electrons. The highest BCUT2D eigenvalue weighted by Gasteiger charge is 2.11. The van der Waals surface area contributed by atoms with Crippen LogP contribution in [0.15, 0.2) is 72.8 Å². The normalized spacial score (nSPS) is 10.2. The Balaban J connectivity index is 1.50. The molecule has 0 fully saturated rings. The lowest BCUT2D eigenvalue weighted by Gasteiger charge is -2.08. The number of carbonyl (C=O) groups excluding carboxylic acids is 2. The summed E-state index contributed by atoms with van der Waals surface area (Å²) in [4.78, 5) is 24.6. The topological polar surface area (TPSA) is 85.6 Å². The molecule has 33 heavy (non-hydrogen) atoms. The number of hydrogen-bond acceptors (Lipinski definition) is 6. The van der Waals surface area contributed by atoms with Gasteiger partial charge in [0.15, 0.2) is 0 Å². The van der Waals surface area contributed by atoms with E-state index in [1.165, 1.54) is 25.0 Å². The molecule has 3 aromatic rings. The second-order valence-electron chi connectivity index (χ2n) is 7.37. The predicted octanol–water partition coefficient (Wildman–Crippen LogP) is 5.96. The summed E-state index contributed by atoms with van der Waals surface area (Å²) in [6.07, 6.45) is 4.54. The van der Waals surface area contributed by atoms with E-state index in [4.69, 9.17) is 19.5 Å². The van der Waals surface area contributed by atoms with Gasteiger partial charge < -0.3 is 14.2 Å². The van der Waals surface area contributed by atoms with Gasteiger partial charge >= 0.3 is 11.9 Å². The highest BCUT2D eigenvalue weighted by atomic mass is 16.5. The standard InChI is InChI=1S/C27H25NO5/c1-2-3-4-5-18-31-23-12-10-22(11-13-23)27(30)33-25-16-14-24(15-17-25)32-26(29)21-8-6-20(19-28)7-9-21/h6-17H,2-5,18H2,1H3. The van der Waals surface area contributed by atoms with Crippen molar-refractivity contribution in [2.45, 2.75) is 32.6 Å².